The van der Waals surface area contributed by atoms with Crippen LogP contribution in [0.3, 0.4) is 0 Å². The summed E-state index contributed by atoms with van der Waals surface area (Å²) in [6.07, 6.45) is 2.19. The van der Waals surface area contributed by atoms with Gasteiger partial charge in [0.2, 0.25) is 6.79 Å². The Bertz CT molecular complexity index is 1490. The van der Waals surface area contributed by atoms with Crippen molar-refractivity contribution >= 4 is 10.9 Å². The van der Waals surface area contributed by atoms with Crippen LogP contribution in [-0.4, -0.2) is 49.6 Å². The number of pyridine rings is 1. The lowest BCUT2D eigenvalue weighted by Crippen LogP contribution is -2.29. The van der Waals surface area contributed by atoms with Crippen molar-refractivity contribution in [2.75, 3.05) is 13.4 Å². The molecule has 0 aliphatic carbocycles. The van der Waals surface area contributed by atoms with E-state index < -0.39 is 0 Å². The second-order valence-electron chi connectivity index (χ2n) is 9.86. The molecule has 0 unspecified atom stereocenters. The molecule has 4 heterocycles. The van der Waals surface area contributed by atoms with Crippen LogP contribution in [-0.2, 0) is 30.9 Å². The SMILES string of the molecule is Cc1ccc(C)c2[nH]c(=O)c(CN(Cc3ccc4c(c3)OCO4)Cc3nnnn3C[C@H]3CCCO3)cc12. The molecule has 0 spiro atoms. The number of ether oxygens (including phenoxy) is 3. The molecule has 1 N–H and O–H groups in total. The van der Waals surface area contributed by atoms with Crippen LogP contribution in [0, 0.1) is 13.8 Å². The number of aryl methyl sites for hydroxylation is 2. The highest BCUT2D eigenvalue weighted by Crippen LogP contribution is 2.33. The van der Waals surface area contributed by atoms with Crippen molar-refractivity contribution in [2.45, 2.75) is 59.0 Å². The zero-order chi connectivity index (χ0) is 25.4. The van der Waals surface area contributed by atoms with Gasteiger partial charge in [-0.3, -0.25) is 9.69 Å². The number of hydrogen-bond donors (Lipinski definition) is 1. The fraction of sp³-hybridized carbons (Fsp3) is 0.407. The van der Waals surface area contributed by atoms with Crippen molar-refractivity contribution in [2.24, 2.45) is 0 Å². The standard InChI is InChI=1S/C27H30N6O4/c1-17-5-6-18(2)26-22(17)11-20(27(34)28-26)13-32(12-19-7-8-23-24(10-19)37-16-36-23)15-25-29-30-31-33(25)14-21-4-3-9-35-21/h5-8,10-11,21H,3-4,9,12-16H2,1-2H3,(H,28,34)/t21-/m1/s1. The Morgan fingerprint density at radius 3 is 2.78 bits per heavy atom. The van der Waals surface area contributed by atoms with E-state index in [2.05, 4.69) is 38.4 Å². The van der Waals surface area contributed by atoms with Gasteiger partial charge in [0.15, 0.2) is 17.3 Å². The lowest BCUT2D eigenvalue weighted by atomic mass is 10.0. The van der Waals surface area contributed by atoms with Crippen molar-refractivity contribution in [1.82, 2.24) is 30.1 Å². The first-order chi connectivity index (χ1) is 18.0. The Kier molecular flexibility index (Phi) is 6.35. The lowest BCUT2D eigenvalue weighted by Gasteiger charge is -2.22. The van der Waals surface area contributed by atoms with Crippen molar-refractivity contribution in [3.63, 3.8) is 0 Å². The number of nitrogens with zero attached hydrogens (tertiary/aromatic N) is 5. The van der Waals surface area contributed by atoms with E-state index >= 15 is 0 Å². The van der Waals surface area contributed by atoms with Crippen molar-refractivity contribution in [1.29, 1.82) is 0 Å². The van der Waals surface area contributed by atoms with Gasteiger partial charge in [-0.05, 0) is 72.0 Å². The van der Waals surface area contributed by atoms with E-state index in [0.717, 1.165) is 64.4 Å². The van der Waals surface area contributed by atoms with Crippen LogP contribution in [0.1, 0.15) is 40.9 Å². The topological polar surface area (TPSA) is 107 Å². The molecule has 1 saturated heterocycles. The van der Waals surface area contributed by atoms with Gasteiger partial charge in [-0.1, -0.05) is 18.2 Å². The zero-order valence-corrected chi connectivity index (χ0v) is 21.1. The molecule has 0 saturated carbocycles. The van der Waals surface area contributed by atoms with Gasteiger partial charge in [0.05, 0.1) is 24.7 Å². The summed E-state index contributed by atoms with van der Waals surface area (Å²) in [4.78, 5) is 18.4. The minimum atomic E-state index is -0.0872. The number of fused-ring (bicyclic) bond motifs is 2. The molecule has 2 aliphatic heterocycles. The quantitative estimate of drug-likeness (QED) is 0.391. The van der Waals surface area contributed by atoms with E-state index in [0.29, 0.717) is 31.7 Å². The van der Waals surface area contributed by atoms with E-state index in [9.17, 15) is 4.79 Å². The van der Waals surface area contributed by atoms with Crippen LogP contribution in [0.4, 0.5) is 0 Å². The number of benzene rings is 2. The van der Waals surface area contributed by atoms with Gasteiger partial charge in [0.25, 0.3) is 5.56 Å². The summed E-state index contributed by atoms with van der Waals surface area (Å²) in [5.74, 6) is 2.21. The van der Waals surface area contributed by atoms with Crippen molar-refractivity contribution in [3.05, 3.63) is 74.8 Å². The summed E-state index contributed by atoms with van der Waals surface area (Å²) < 4.78 is 18.7. The number of H-pyrrole nitrogens is 1. The summed E-state index contributed by atoms with van der Waals surface area (Å²) in [7, 11) is 0. The van der Waals surface area contributed by atoms with Crippen molar-refractivity contribution < 1.29 is 14.2 Å². The zero-order valence-electron chi connectivity index (χ0n) is 21.1. The van der Waals surface area contributed by atoms with Gasteiger partial charge < -0.3 is 19.2 Å². The highest BCUT2D eigenvalue weighted by atomic mass is 16.7. The molecule has 1 atom stereocenters. The number of rotatable bonds is 8. The fourth-order valence-corrected chi connectivity index (χ4v) is 5.10. The van der Waals surface area contributed by atoms with Crippen LogP contribution in [0.5, 0.6) is 11.5 Å². The minimum Gasteiger partial charge on any atom is -0.454 e. The van der Waals surface area contributed by atoms with Gasteiger partial charge in [-0.2, -0.15) is 0 Å². The molecular formula is C27H30N6O4. The number of aromatic amines is 1. The maximum Gasteiger partial charge on any atom is 0.252 e. The normalized spacial score (nSPS) is 16.8. The number of hydrogen-bond acceptors (Lipinski definition) is 8. The summed E-state index contributed by atoms with van der Waals surface area (Å²) in [6.45, 7) is 7.18. The fourth-order valence-electron chi connectivity index (χ4n) is 5.10. The summed E-state index contributed by atoms with van der Waals surface area (Å²) in [5, 5.41) is 13.5. The predicted octanol–water partition coefficient (Wildman–Crippen LogP) is 3.24. The second kappa shape index (κ2) is 9.95. The molecule has 10 heteroatoms. The van der Waals surface area contributed by atoms with E-state index in [4.69, 9.17) is 14.2 Å². The van der Waals surface area contributed by atoms with Gasteiger partial charge in [-0.15, -0.1) is 5.10 Å². The minimum absolute atomic E-state index is 0.0872. The Balaban J connectivity index is 1.31. The second-order valence-corrected chi connectivity index (χ2v) is 9.86. The van der Waals surface area contributed by atoms with E-state index in [1.54, 1.807) is 0 Å². The highest BCUT2D eigenvalue weighted by molar-refractivity contribution is 5.85. The summed E-state index contributed by atoms with van der Waals surface area (Å²) in [5.41, 5.74) is 4.72. The maximum absolute atomic E-state index is 13.2. The third kappa shape index (κ3) is 4.94. The third-order valence-corrected chi connectivity index (χ3v) is 7.13. The molecule has 0 radical (unpaired) electrons. The third-order valence-electron chi connectivity index (χ3n) is 7.13. The molecule has 4 aromatic rings. The van der Waals surface area contributed by atoms with E-state index in [1.165, 1.54) is 0 Å². The Hall–Kier alpha value is -3.76. The molecule has 6 rings (SSSR count). The van der Waals surface area contributed by atoms with Gasteiger partial charge in [0, 0.05) is 30.6 Å². The molecule has 0 bridgehead atoms. The molecule has 0 amide bonds. The molecule has 2 aliphatic rings. The average Bonchev–Trinajstić information content (AvgIpc) is 3.66. The van der Waals surface area contributed by atoms with Crippen LogP contribution < -0.4 is 15.0 Å². The van der Waals surface area contributed by atoms with Crippen LogP contribution in [0.25, 0.3) is 10.9 Å². The molecule has 37 heavy (non-hydrogen) atoms. The highest BCUT2D eigenvalue weighted by Gasteiger charge is 2.22. The largest absolute Gasteiger partial charge is 0.454 e. The summed E-state index contributed by atoms with van der Waals surface area (Å²) in [6, 6.07) is 12.1. The van der Waals surface area contributed by atoms with E-state index in [1.807, 2.05) is 41.9 Å². The maximum atomic E-state index is 13.2. The van der Waals surface area contributed by atoms with Gasteiger partial charge >= 0.3 is 0 Å². The number of aromatic nitrogens is 5. The first-order valence-corrected chi connectivity index (χ1v) is 12.6. The smallest absolute Gasteiger partial charge is 0.252 e. The van der Waals surface area contributed by atoms with Crippen molar-refractivity contribution in [3.8, 4) is 11.5 Å². The molecule has 10 nitrogen and oxygen atoms in total. The molecule has 2 aromatic heterocycles. The number of tetrazole rings is 1. The van der Waals surface area contributed by atoms with Crippen LogP contribution in [0.15, 0.2) is 41.2 Å². The lowest BCUT2D eigenvalue weighted by molar-refractivity contribution is 0.0914. The first-order valence-electron chi connectivity index (χ1n) is 12.6. The molecule has 1 fully saturated rings. The number of nitrogens with one attached hydrogen (secondary N) is 1. The van der Waals surface area contributed by atoms with Gasteiger partial charge in [0.1, 0.15) is 0 Å². The molecule has 192 valence electrons. The van der Waals surface area contributed by atoms with E-state index in [-0.39, 0.29) is 18.5 Å². The van der Waals surface area contributed by atoms with Gasteiger partial charge in [-0.25, -0.2) is 4.68 Å². The Labute approximate surface area is 214 Å². The average molecular weight is 503 g/mol. The Morgan fingerprint density at radius 1 is 1.05 bits per heavy atom. The summed E-state index contributed by atoms with van der Waals surface area (Å²) >= 11 is 0. The van der Waals surface area contributed by atoms with Crippen LogP contribution >= 0.6 is 0 Å². The monoisotopic (exact) mass is 502 g/mol. The first kappa shape index (κ1) is 23.6. The molecular weight excluding hydrogens is 472 g/mol. The Morgan fingerprint density at radius 2 is 1.92 bits per heavy atom. The van der Waals surface area contributed by atoms with Crippen LogP contribution in [0.2, 0.25) is 0 Å². The predicted molar refractivity (Wildman–Crippen MR) is 136 cm³/mol. The molecule has 2 aromatic carbocycles.